The van der Waals surface area contributed by atoms with Gasteiger partial charge >= 0.3 is 0 Å². The van der Waals surface area contributed by atoms with Crippen LogP contribution in [0.4, 0.5) is 17.1 Å². The summed E-state index contributed by atoms with van der Waals surface area (Å²) in [5, 5.41) is 9.94. The minimum absolute atomic E-state index is 1.10. The molecule has 0 saturated carbocycles. The van der Waals surface area contributed by atoms with Gasteiger partial charge in [-0.15, -0.1) is 0 Å². The van der Waals surface area contributed by atoms with Crippen molar-refractivity contribution in [1.29, 1.82) is 0 Å². The molecule has 0 spiro atoms. The van der Waals surface area contributed by atoms with Crippen LogP contribution in [0.2, 0.25) is 0 Å². The van der Waals surface area contributed by atoms with Crippen molar-refractivity contribution in [2.24, 2.45) is 0 Å². The quantitative estimate of drug-likeness (QED) is 0.138. The maximum absolute atomic E-state index is 2.41. The Morgan fingerprint density at radius 2 is 0.677 bits per heavy atom. The summed E-state index contributed by atoms with van der Waals surface area (Å²) in [6.07, 6.45) is 0. The monoisotopic (exact) mass is 825 g/mol. The first kappa shape index (κ1) is 38.2. The van der Waals surface area contributed by atoms with Gasteiger partial charge in [0.15, 0.2) is 0 Å². The number of rotatable bonds is 8. The second-order valence-electron chi connectivity index (χ2n) is 16.8. The number of hydrogen-bond acceptors (Lipinski definition) is 1. The van der Waals surface area contributed by atoms with Crippen molar-refractivity contribution in [3.8, 4) is 55.6 Å². The summed E-state index contributed by atoms with van der Waals surface area (Å²) in [6.45, 7) is 0. The Kier molecular flexibility index (Phi) is 9.58. The third-order valence-electron chi connectivity index (χ3n) is 13.0. The molecular formula is C64H43N. The van der Waals surface area contributed by atoms with E-state index in [0.29, 0.717) is 0 Å². The minimum Gasteiger partial charge on any atom is -0.310 e. The lowest BCUT2D eigenvalue weighted by Crippen LogP contribution is -2.10. The largest absolute Gasteiger partial charge is 0.310 e. The molecule has 0 radical (unpaired) electrons. The lowest BCUT2D eigenvalue weighted by atomic mass is 9.84. The average molecular weight is 826 g/mol. The van der Waals surface area contributed by atoms with Crippen LogP contribution in [0.1, 0.15) is 0 Å². The first-order valence-corrected chi connectivity index (χ1v) is 22.4. The van der Waals surface area contributed by atoms with Crippen LogP contribution in [0.15, 0.2) is 261 Å². The van der Waals surface area contributed by atoms with Crippen molar-refractivity contribution in [3.05, 3.63) is 261 Å². The van der Waals surface area contributed by atoms with Gasteiger partial charge in [0.2, 0.25) is 0 Å². The number of benzene rings is 12. The van der Waals surface area contributed by atoms with Gasteiger partial charge in [-0.2, -0.15) is 0 Å². The number of fused-ring (bicyclic) bond motifs is 5. The minimum atomic E-state index is 1.10. The summed E-state index contributed by atoms with van der Waals surface area (Å²) in [4.78, 5) is 2.41. The van der Waals surface area contributed by atoms with Crippen molar-refractivity contribution in [2.75, 3.05) is 4.90 Å². The molecule has 0 aliphatic heterocycles. The van der Waals surface area contributed by atoms with Crippen LogP contribution in [-0.2, 0) is 0 Å². The maximum atomic E-state index is 2.41. The molecule has 12 aromatic rings. The van der Waals surface area contributed by atoms with Crippen LogP contribution in [0.5, 0.6) is 0 Å². The van der Waals surface area contributed by atoms with E-state index >= 15 is 0 Å². The highest BCUT2D eigenvalue weighted by atomic mass is 15.1. The fourth-order valence-electron chi connectivity index (χ4n) is 9.96. The first-order chi connectivity index (χ1) is 32.2. The molecule has 0 atom stereocenters. The lowest BCUT2D eigenvalue weighted by molar-refractivity contribution is 1.30. The Hall–Kier alpha value is -8.52. The number of nitrogens with zero attached hydrogens (tertiary/aromatic N) is 1. The lowest BCUT2D eigenvalue weighted by Gasteiger charge is -2.27. The molecule has 0 amide bonds. The highest BCUT2D eigenvalue weighted by Crippen LogP contribution is 2.46. The van der Waals surface area contributed by atoms with E-state index in [0.717, 1.165) is 22.6 Å². The van der Waals surface area contributed by atoms with Crippen LogP contribution < -0.4 is 4.90 Å². The molecule has 304 valence electrons. The van der Waals surface area contributed by atoms with Crippen LogP contribution in [0.3, 0.4) is 0 Å². The summed E-state index contributed by atoms with van der Waals surface area (Å²) in [5.74, 6) is 0. The van der Waals surface area contributed by atoms with Crippen molar-refractivity contribution < 1.29 is 0 Å². The van der Waals surface area contributed by atoms with Gasteiger partial charge < -0.3 is 4.90 Å². The van der Waals surface area contributed by atoms with E-state index < -0.39 is 0 Å². The molecule has 0 bridgehead atoms. The molecule has 0 saturated heterocycles. The van der Waals surface area contributed by atoms with E-state index in [9.17, 15) is 0 Å². The van der Waals surface area contributed by atoms with Gasteiger partial charge in [-0.3, -0.25) is 0 Å². The number of hydrogen-bond donors (Lipinski definition) is 0. The van der Waals surface area contributed by atoms with Crippen LogP contribution >= 0.6 is 0 Å². The van der Waals surface area contributed by atoms with Crippen LogP contribution in [0, 0.1) is 0 Å². The van der Waals surface area contributed by atoms with Crippen molar-refractivity contribution in [1.82, 2.24) is 0 Å². The van der Waals surface area contributed by atoms with Gasteiger partial charge in [0, 0.05) is 16.8 Å². The van der Waals surface area contributed by atoms with E-state index in [4.69, 9.17) is 0 Å². The molecule has 12 rings (SSSR count). The summed E-state index contributed by atoms with van der Waals surface area (Å²) < 4.78 is 0. The maximum Gasteiger partial charge on any atom is 0.0540 e. The Bertz CT molecular complexity index is 3670. The molecule has 12 aromatic carbocycles. The van der Waals surface area contributed by atoms with Crippen molar-refractivity contribution in [2.45, 2.75) is 0 Å². The highest BCUT2D eigenvalue weighted by molar-refractivity contribution is 6.22. The third-order valence-corrected chi connectivity index (χ3v) is 13.0. The van der Waals surface area contributed by atoms with Gasteiger partial charge in [-0.25, -0.2) is 0 Å². The highest BCUT2D eigenvalue weighted by Gasteiger charge is 2.20. The zero-order valence-electron chi connectivity index (χ0n) is 35.8. The topological polar surface area (TPSA) is 3.24 Å². The first-order valence-electron chi connectivity index (χ1n) is 22.4. The summed E-state index contributed by atoms with van der Waals surface area (Å²) in [6, 6.07) is 95.2. The van der Waals surface area contributed by atoms with Crippen molar-refractivity contribution in [3.63, 3.8) is 0 Å². The molecule has 1 heteroatoms. The van der Waals surface area contributed by atoms with E-state index in [-0.39, 0.29) is 0 Å². The molecule has 1 nitrogen and oxygen atoms in total. The molecule has 0 heterocycles. The van der Waals surface area contributed by atoms with Gasteiger partial charge in [0.1, 0.15) is 0 Å². The second kappa shape index (κ2) is 16.3. The van der Waals surface area contributed by atoms with E-state index in [2.05, 4.69) is 266 Å². The summed E-state index contributed by atoms with van der Waals surface area (Å²) in [7, 11) is 0. The SMILES string of the molecule is c1ccc(-c2c(-c3ccccc3)c3cc(-c4cccc(N(c5ccc(-c6ccc(-c7cccc8ccccc78)cc6)cc5)c5cccc6ccccc56)c4)ccc3c3ccccc23)cc1. The molecule has 65 heavy (non-hydrogen) atoms. The Morgan fingerprint density at radius 3 is 1.38 bits per heavy atom. The van der Waals surface area contributed by atoms with E-state index in [1.165, 1.54) is 93.2 Å². The Labute approximate surface area is 379 Å². The fourth-order valence-corrected chi connectivity index (χ4v) is 9.96. The van der Waals surface area contributed by atoms with Crippen LogP contribution in [-0.4, -0.2) is 0 Å². The molecular weight excluding hydrogens is 783 g/mol. The van der Waals surface area contributed by atoms with Gasteiger partial charge in [-0.05, 0) is 130 Å². The number of anilines is 3. The molecule has 0 fully saturated rings. The van der Waals surface area contributed by atoms with Gasteiger partial charge in [0.25, 0.3) is 0 Å². The zero-order valence-corrected chi connectivity index (χ0v) is 35.8. The zero-order chi connectivity index (χ0) is 43.1. The molecule has 0 N–H and O–H groups in total. The fraction of sp³-hybridized carbons (Fsp3) is 0. The average Bonchev–Trinajstić information content (AvgIpc) is 3.39. The van der Waals surface area contributed by atoms with E-state index in [1.807, 2.05) is 0 Å². The third kappa shape index (κ3) is 6.92. The summed E-state index contributed by atoms with van der Waals surface area (Å²) >= 11 is 0. The standard InChI is InChI=1S/C64H43N/c1-3-18-49(19-4-1)63-60-29-12-11-28-58(60)59-41-38-52(43-61(59)64(63)50-20-5-2-6-21-50)51-24-13-25-54(42-51)65(62-31-15-23-47-17-8-10-27-57(47)62)53-39-36-45(37-40-53)44-32-34-48(35-33-44)56-30-14-22-46-16-7-9-26-55(46)56/h1-43H. The molecule has 0 aliphatic rings. The Morgan fingerprint density at radius 1 is 0.215 bits per heavy atom. The van der Waals surface area contributed by atoms with Gasteiger partial charge in [0.05, 0.1) is 5.69 Å². The van der Waals surface area contributed by atoms with Gasteiger partial charge in [-0.1, -0.05) is 224 Å². The molecule has 0 unspecified atom stereocenters. The Balaban J connectivity index is 0.979. The predicted molar refractivity (Wildman–Crippen MR) is 278 cm³/mol. The molecule has 0 aromatic heterocycles. The van der Waals surface area contributed by atoms with Crippen LogP contribution in [0.25, 0.3) is 98.7 Å². The summed E-state index contributed by atoms with van der Waals surface area (Å²) in [5.41, 5.74) is 15.4. The second-order valence-corrected chi connectivity index (χ2v) is 16.8. The molecule has 0 aliphatic carbocycles. The predicted octanol–water partition coefficient (Wildman–Crippen LogP) is 18.1. The normalized spacial score (nSPS) is 11.4. The van der Waals surface area contributed by atoms with E-state index in [1.54, 1.807) is 0 Å². The smallest absolute Gasteiger partial charge is 0.0540 e. The van der Waals surface area contributed by atoms with Crippen molar-refractivity contribution >= 4 is 60.2 Å².